The number of carbonyl (C=O) groups excluding carboxylic acids is 1. The van der Waals surface area contributed by atoms with Crippen molar-refractivity contribution >= 4 is 15.9 Å². The molecule has 1 fully saturated rings. The molecule has 0 radical (unpaired) electrons. The van der Waals surface area contributed by atoms with E-state index in [1.165, 1.54) is 4.31 Å². The van der Waals surface area contributed by atoms with Crippen LogP contribution in [-0.4, -0.2) is 59.3 Å². The molecule has 1 aromatic heterocycles. The van der Waals surface area contributed by atoms with Crippen LogP contribution in [0.4, 0.5) is 0 Å². The highest BCUT2D eigenvalue weighted by molar-refractivity contribution is 7.89. The van der Waals surface area contributed by atoms with E-state index in [2.05, 4.69) is 18.8 Å². The van der Waals surface area contributed by atoms with E-state index in [1.807, 2.05) is 4.90 Å². The highest BCUT2D eigenvalue weighted by Crippen LogP contribution is 2.20. The van der Waals surface area contributed by atoms with Crippen LogP contribution in [-0.2, 0) is 21.9 Å². The summed E-state index contributed by atoms with van der Waals surface area (Å²) in [5.41, 5.74) is 0. The summed E-state index contributed by atoms with van der Waals surface area (Å²) in [6, 6.07) is 0. The summed E-state index contributed by atoms with van der Waals surface area (Å²) in [7, 11) is -1.83. The minimum Gasteiger partial charge on any atom is -0.341 e. The standard InChI is InChI=1S/C18H32N4O3S/c1-5-8-16(9-6-2)18(23)21-10-7-11-22(13-12-21)26(24,25)17-14-20(4)15(3)19-17/h14,16H,5-13H2,1-4H3. The molecule has 0 saturated carbocycles. The highest BCUT2D eigenvalue weighted by atomic mass is 32.2. The Morgan fingerprint density at radius 1 is 1.15 bits per heavy atom. The van der Waals surface area contributed by atoms with Gasteiger partial charge in [0.1, 0.15) is 5.82 Å². The molecule has 8 heteroatoms. The number of hydrogen-bond acceptors (Lipinski definition) is 4. The monoisotopic (exact) mass is 384 g/mol. The minimum absolute atomic E-state index is 0.0617. The third-order valence-corrected chi connectivity index (χ3v) is 6.85. The summed E-state index contributed by atoms with van der Waals surface area (Å²) in [5.74, 6) is 0.908. The first-order chi connectivity index (χ1) is 12.3. The van der Waals surface area contributed by atoms with Crippen molar-refractivity contribution in [2.75, 3.05) is 26.2 Å². The zero-order chi connectivity index (χ0) is 19.3. The lowest BCUT2D eigenvalue weighted by molar-refractivity contribution is -0.135. The van der Waals surface area contributed by atoms with Gasteiger partial charge >= 0.3 is 0 Å². The molecule has 1 aromatic rings. The van der Waals surface area contributed by atoms with Crippen molar-refractivity contribution in [2.45, 2.75) is 57.9 Å². The number of imidazole rings is 1. The maximum atomic E-state index is 12.9. The topological polar surface area (TPSA) is 75.5 Å². The second-order valence-corrected chi connectivity index (χ2v) is 8.98. The van der Waals surface area contributed by atoms with Gasteiger partial charge in [-0.15, -0.1) is 0 Å². The Morgan fingerprint density at radius 3 is 2.35 bits per heavy atom. The first-order valence-corrected chi connectivity index (χ1v) is 11.0. The van der Waals surface area contributed by atoms with Gasteiger partial charge in [0.2, 0.25) is 5.91 Å². The van der Waals surface area contributed by atoms with Gasteiger partial charge in [-0.2, -0.15) is 4.31 Å². The van der Waals surface area contributed by atoms with E-state index >= 15 is 0 Å². The molecular weight excluding hydrogens is 352 g/mol. The lowest BCUT2D eigenvalue weighted by Crippen LogP contribution is -2.40. The van der Waals surface area contributed by atoms with E-state index in [4.69, 9.17) is 0 Å². The molecule has 0 aromatic carbocycles. The molecule has 1 amide bonds. The molecule has 1 aliphatic heterocycles. The van der Waals surface area contributed by atoms with E-state index in [1.54, 1.807) is 24.7 Å². The number of nitrogens with zero attached hydrogens (tertiary/aromatic N) is 4. The Bertz CT molecular complexity index is 689. The third-order valence-electron chi connectivity index (χ3n) is 5.08. The summed E-state index contributed by atoms with van der Waals surface area (Å²) in [4.78, 5) is 18.9. The third kappa shape index (κ3) is 4.65. The average molecular weight is 385 g/mol. The van der Waals surface area contributed by atoms with Gasteiger partial charge in [-0.1, -0.05) is 26.7 Å². The minimum atomic E-state index is -3.61. The quantitative estimate of drug-likeness (QED) is 0.722. The summed E-state index contributed by atoms with van der Waals surface area (Å²) >= 11 is 0. The van der Waals surface area contributed by atoms with Gasteiger partial charge in [0.25, 0.3) is 10.0 Å². The first kappa shape index (κ1) is 20.9. The first-order valence-electron chi connectivity index (χ1n) is 9.60. The SMILES string of the molecule is CCCC(CCC)C(=O)N1CCCN(S(=O)(=O)c2cn(C)c(C)n2)CC1. The number of hydrogen-bond donors (Lipinski definition) is 0. The fraction of sp³-hybridized carbons (Fsp3) is 0.778. The Hall–Kier alpha value is -1.41. The molecule has 0 bridgehead atoms. The number of rotatable bonds is 7. The Kier molecular flexibility index (Phi) is 7.23. The molecule has 0 spiro atoms. The molecule has 7 nitrogen and oxygen atoms in total. The lowest BCUT2D eigenvalue weighted by atomic mass is 9.96. The average Bonchev–Trinajstić information content (AvgIpc) is 2.81. The summed E-state index contributed by atoms with van der Waals surface area (Å²) in [5, 5.41) is 0.0899. The van der Waals surface area contributed by atoms with Crippen LogP contribution in [0.1, 0.15) is 51.8 Å². The second-order valence-electron chi connectivity index (χ2n) is 7.09. The predicted molar refractivity (Wildman–Crippen MR) is 101 cm³/mol. The van der Waals surface area contributed by atoms with E-state index in [-0.39, 0.29) is 16.9 Å². The molecule has 148 valence electrons. The van der Waals surface area contributed by atoms with Crippen molar-refractivity contribution in [3.8, 4) is 0 Å². The van der Waals surface area contributed by atoms with E-state index in [0.717, 1.165) is 25.7 Å². The second kappa shape index (κ2) is 8.99. The number of aryl methyl sites for hydroxylation is 2. The van der Waals surface area contributed by atoms with E-state index < -0.39 is 10.0 Å². The molecule has 2 rings (SSSR count). The maximum absolute atomic E-state index is 12.9. The van der Waals surface area contributed by atoms with Crippen LogP contribution >= 0.6 is 0 Å². The zero-order valence-corrected chi connectivity index (χ0v) is 17.3. The van der Waals surface area contributed by atoms with Crippen molar-refractivity contribution in [1.29, 1.82) is 0 Å². The van der Waals surface area contributed by atoms with Crippen molar-refractivity contribution in [1.82, 2.24) is 18.8 Å². The van der Waals surface area contributed by atoms with Gasteiger partial charge < -0.3 is 9.47 Å². The molecular formula is C18H32N4O3S. The molecule has 0 atom stereocenters. The van der Waals surface area contributed by atoms with Crippen LogP contribution in [0, 0.1) is 12.8 Å². The number of amides is 1. The predicted octanol–water partition coefficient (Wildman–Crippen LogP) is 2.17. The largest absolute Gasteiger partial charge is 0.341 e. The molecule has 26 heavy (non-hydrogen) atoms. The number of carbonyl (C=O) groups is 1. The van der Waals surface area contributed by atoms with Crippen LogP contribution in [0.3, 0.4) is 0 Å². The number of aromatic nitrogens is 2. The van der Waals surface area contributed by atoms with Crippen LogP contribution in [0.15, 0.2) is 11.2 Å². The maximum Gasteiger partial charge on any atom is 0.262 e. The van der Waals surface area contributed by atoms with Crippen molar-refractivity contribution in [3.63, 3.8) is 0 Å². The molecule has 1 aliphatic rings. The zero-order valence-electron chi connectivity index (χ0n) is 16.4. The van der Waals surface area contributed by atoms with Crippen molar-refractivity contribution in [3.05, 3.63) is 12.0 Å². The van der Waals surface area contributed by atoms with E-state index in [0.29, 0.717) is 38.4 Å². The van der Waals surface area contributed by atoms with Crippen molar-refractivity contribution in [2.24, 2.45) is 13.0 Å². The van der Waals surface area contributed by atoms with Gasteiger partial charge in [-0.05, 0) is 26.2 Å². The molecule has 0 unspecified atom stereocenters. The Labute approximate surface area is 157 Å². The van der Waals surface area contributed by atoms with Gasteiger partial charge in [0.15, 0.2) is 5.03 Å². The molecule has 2 heterocycles. The van der Waals surface area contributed by atoms with Crippen molar-refractivity contribution < 1.29 is 13.2 Å². The molecule has 0 aliphatic carbocycles. The van der Waals surface area contributed by atoms with Crippen LogP contribution in [0.25, 0.3) is 0 Å². The smallest absolute Gasteiger partial charge is 0.262 e. The van der Waals surface area contributed by atoms with Gasteiger partial charge in [-0.3, -0.25) is 4.79 Å². The molecule has 0 N–H and O–H groups in total. The van der Waals surface area contributed by atoms with E-state index in [9.17, 15) is 13.2 Å². The Morgan fingerprint density at radius 2 is 1.81 bits per heavy atom. The lowest BCUT2D eigenvalue weighted by Gasteiger charge is -2.26. The van der Waals surface area contributed by atoms with Gasteiger partial charge in [0.05, 0.1) is 0 Å². The molecule has 1 saturated heterocycles. The number of sulfonamides is 1. The van der Waals surface area contributed by atoms with Crippen LogP contribution in [0.2, 0.25) is 0 Å². The Balaban J connectivity index is 2.08. The summed E-state index contributed by atoms with van der Waals surface area (Å²) in [6.07, 6.45) is 5.99. The van der Waals surface area contributed by atoms with Crippen LogP contribution in [0.5, 0.6) is 0 Å². The van der Waals surface area contributed by atoms with Crippen LogP contribution < -0.4 is 0 Å². The highest BCUT2D eigenvalue weighted by Gasteiger charge is 2.31. The normalized spacial score (nSPS) is 16.9. The van der Waals surface area contributed by atoms with Gasteiger partial charge in [-0.25, -0.2) is 13.4 Å². The fourth-order valence-electron chi connectivity index (χ4n) is 3.48. The summed E-state index contributed by atoms with van der Waals surface area (Å²) < 4.78 is 28.9. The van der Waals surface area contributed by atoms with Gasteiger partial charge in [0, 0.05) is 45.3 Å². The summed E-state index contributed by atoms with van der Waals surface area (Å²) in [6.45, 7) is 7.80. The fourth-order valence-corrected chi connectivity index (χ4v) is 4.98.